The summed E-state index contributed by atoms with van der Waals surface area (Å²) in [4.78, 5) is 57.7. The molecule has 5 aliphatic heterocycles. The molecule has 14 aromatic rings. The van der Waals surface area contributed by atoms with Gasteiger partial charge in [-0.15, -0.1) is 10.2 Å². The Morgan fingerprint density at radius 1 is 0.429 bits per heavy atom. The second-order valence-corrected chi connectivity index (χ2v) is 31.4. The number of nitrogens with one attached hydrogen (secondary N) is 1. The molecule has 8 aromatic carbocycles. The lowest BCUT2D eigenvalue weighted by Gasteiger charge is -2.27. The molecule has 0 bridgehead atoms. The number of halogens is 3. The molecule has 5 aliphatic rings. The number of likely N-dealkylation sites (N-methyl/N-ethyl adjacent to an activating group) is 3. The molecule has 126 heavy (non-hydrogen) atoms. The fraction of sp³-hybridized carbons (Fsp3) is 0.279. The first kappa shape index (κ1) is 89.1. The van der Waals surface area contributed by atoms with Crippen LogP contribution in [0, 0.1) is 14.1 Å². The molecule has 0 aliphatic carbocycles. The van der Waals surface area contributed by atoms with Crippen LogP contribution in [0.25, 0.3) is 76.3 Å². The van der Waals surface area contributed by atoms with Gasteiger partial charge in [-0.2, -0.15) is 40.8 Å². The van der Waals surface area contributed by atoms with Gasteiger partial charge in [0, 0.05) is 127 Å². The van der Waals surface area contributed by atoms with E-state index in [-0.39, 0.29) is 51.0 Å². The van der Waals surface area contributed by atoms with Gasteiger partial charge >= 0.3 is 5.97 Å². The van der Waals surface area contributed by atoms with Gasteiger partial charge in [-0.3, -0.25) is 14.4 Å². The molecule has 654 valence electrons. The van der Waals surface area contributed by atoms with Gasteiger partial charge in [-0.1, -0.05) is 0 Å². The van der Waals surface area contributed by atoms with Gasteiger partial charge < -0.3 is 110 Å². The molecule has 2 N–H and O–H groups in total. The van der Waals surface area contributed by atoms with Crippen molar-refractivity contribution in [3.05, 3.63) is 162 Å². The maximum absolute atomic E-state index is 13.9. The van der Waals surface area contributed by atoms with Gasteiger partial charge in [0.15, 0.2) is 92.0 Å². The van der Waals surface area contributed by atoms with Crippen LogP contribution in [0.15, 0.2) is 127 Å². The van der Waals surface area contributed by atoms with Crippen molar-refractivity contribution in [2.24, 2.45) is 0 Å². The number of rotatable bonds is 20. The maximum atomic E-state index is 13.9. The Hall–Kier alpha value is -13.2. The average molecular weight is 1970 g/mol. The van der Waals surface area contributed by atoms with Gasteiger partial charge in [-0.05, 0) is 160 Å². The Balaban J connectivity index is 0.000000127. The molecule has 37 nitrogen and oxygen atoms in total. The molecule has 0 radical (unpaired) electrons. The Morgan fingerprint density at radius 3 is 1.28 bits per heavy atom. The number of amides is 1. The van der Waals surface area contributed by atoms with Crippen LogP contribution in [0.1, 0.15) is 36.6 Å². The molecule has 11 heterocycles. The zero-order valence-corrected chi connectivity index (χ0v) is 75.4. The highest BCUT2D eigenvalue weighted by Crippen LogP contribution is 2.45. The van der Waals surface area contributed by atoms with Crippen LogP contribution >= 0.6 is 56.8 Å². The number of aromatic carboxylic acids is 1. The third-order valence-electron chi connectivity index (χ3n) is 20.0. The normalized spacial score (nSPS) is 12.5. The average Bonchev–Trinajstić information content (AvgIpc) is 1.08. The van der Waals surface area contributed by atoms with Crippen LogP contribution in [0.4, 0.5) is 11.4 Å². The van der Waals surface area contributed by atoms with Crippen LogP contribution in [0.5, 0.6) is 92.0 Å². The van der Waals surface area contributed by atoms with Crippen molar-refractivity contribution in [2.45, 2.75) is 13.5 Å². The molecule has 0 saturated carbocycles. The lowest BCUT2D eigenvalue weighted by atomic mass is 10.1. The largest absolute Gasteiger partial charge is 0.493 e. The number of anilines is 2. The quantitative estimate of drug-likeness (QED) is 0.0406. The summed E-state index contributed by atoms with van der Waals surface area (Å²) in [6.45, 7) is 7.10. The highest BCUT2D eigenvalue weighted by atomic mass is 127. The number of carbonyl (C=O) groups is 3. The highest BCUT2D eigenvalue weighted by molar-refractivity contribution is 14.1. The number of hydrogen-bond donors (Lipinski definition) is 2. The Bertz CT molecular complexity index is 6470. The number of carboxylic acids is 1. The van der Waals surface area contributed by atoms with Crippen molar-refractivity contribution in [2.75, 3.05) is 162 Å². The first-order valence-electron chi connectivity index (χ1n) is 38.5. The van der Waals surface area contributed by atoms with Gasteiger partial charge in [0.2, 0.25) is 34.0 Å². The minimum Gasteiger partial charge on any atom is -0.493 e. The first-order chi connectivity index (χ1) is 60.9. The molecule has 0 unspecified atom stereocenters. The Morgan fingerprint density at radius 2 is 0.810 bits per heavy atom. The number of methoxy groups -OCH3 is 6. The molecule has 0 spiro atoms. The lowest BCUT2D eigenvalue weighted by Crippen LogP contribution is -2.37. The minimum atomic E-state index is -1.04. The van der Waals surface area contributed by atoms with Crippen LogP contribution in [0.2, 0.25) is 0 Å². The number of pyridine rings is 1. The fourth-order valence-electron chi connectivity index (χ4n) is 13.6. The van der Waals surface area contributed by atoms with E-state index in [9.17, 15) is 19.2 Å². The summed E-state index contributed by atoms with van der Waals surface area (Å²) >= 11 is 9.94. The third-order valence-corrected chi connectivity index (χ3v) is 22.0. The lowest BCUT2D eigenvalue weighted by molar-refractivity contribution is 0.0697. The van der Waals surface area contributed by atoms with Crippen LogP contribution in [-0.2, 0) is 6.54 Å². The van der Waals surface area contributed by atoms with Crippen LogP contribution in [-0.4, -0.2) is 244 Å². The van der Waals surface area contributed by atoms with Crippen LogP contribution in [0.3, 0.4) is 0 Å². The number of aromatic nitrogens is 11. The van der Waals surface area contributed by atoms with Gasteiger partial charge in [0.1, 0.15) is 5.52 Å². The van der Waals surface area contributed by atoms with E-state index in [1.807, 2.05) is 93.4 Å². The number of hydrogen-bond acceptors (Lipinski definition) is 34. The zero-order chi connectivity index (χ0) is 89.1. The summed E-state index contributed by atoms with van der Waals surface area (Å²) in [5.74, 6) is 8.69. The highest BCUT2D eigenvalue weighted by Gasteiger charge is 2.29. The summed E-state index contributed by atoms with van der Waals surface area (Å²) < 4.78 is 89.4. The van der Waals surface area contributed by atoms with Gasteiger partial charge in [0.25, 0.3) is 16.7 Å². The van der Waals surface area contributed by atoms with Crippen molar-refractivity contribution in [1.29, 1.82) is 0 Å². The van der Waals surface area contributed by atoms with Crippen molar-refractivity contribution in [3.8, 4) is 92.0 Å². The molecular formula is C86H83ClI2N16O21. The summed E-state index contributed by atoms with van der Waals surface area (Å²) in [5, 5.41) is 56.6. The summed E-state index contributed by atoms with van der Waals surface area (Å²) in [5.41, 5.74) is 7.82. The summed E-state index contributed by atoms with van der Waals surface area (Å²) in [6, 6.07) is 28.7. The standard InChI is InChI=1S/C22H23IN4O5.C22H22N4O5.C12H19IN2O2.C10H5ClN2O3.C10H6N2O4.C10H8N2O2/c1-26(2)5-6-27(17-10-19(30-4)18(29-3)8-15(17)23)22(28)14-11-24-25-16-9-21-20(7-13(14)16)31-12-32-21;1-25(2)5-6-26-15-10-17(29-4)16(28-3)8-13(15)21-20(22(26)27)12-7-18-19(31-11-30-18)9-14(12)23-24-21;1-15(2)6-5-14-10-8-12(17-4)11(16-3)7-9(10)13;11-10(14)6-3-12-13-7-2-9-8(1-5(6)7)15-4-16-9;13-10(14)6-3-11-12-7-2-9-8(1-5(6)7)15-4-16-9;1-6-4-11-12-8-3-10-9(2-7(6)8)13-5-14-10/h7-11H,5-6,12H2,1-4H3;7-10H,5-6,11H2,1-4H3;7-8,14H,5-6H2,1-4H3;1-3H,4H2;1-3H,4H2,(H,13,14);2-4H,5H2,1H3. The number of fused-ring (bicyclic) bond motifs is 14. The van der Waals surface area contributed by atoms with E-state index >= 15 is 0 Å². The molecule has 1 amide bonds. The van der Waals surface area contributed by atoms with Crippen molar-refractivity contribution in [3.63, 3.8) is 0 Å². The molecule has 40 heteroatoms. The third kappa shape index (κ3) is 19.5. The number of benzene rings is 8. The maximum Gasteiger partial charge on any atom is 0.338 e. The second kappa shape index (κ2) is 39.7. The molecule has 6 aromatic heterocycles. The van der Waals surface area contributed by atoms with Crippen molar-refractivity contribution in [1.82, 2.24) is 70.3 Å². The number of ether oxygens (including phenoxy) is 16. The molecule has 0 atom stereocenters. The molecule has 0 saturated heterocycles. The van der Waals surface area contributed by atoms with Gasteiger partial charge in [-0.25, -0.2) is 4.79 Å². The number of nitrogens with zero attached hydrogens (tertiary/aromatic N) is 15. The minimum absolute atomic E-state index is 0.100. The summed E-state index contributed by atoms with van der Waals surface area (Å²) in [7, 11) is 21.6. The smallest absolute Gasteiger partial charge is 0.338 e. The van der Waals surface area contributed by atoms with E-state index < -0.39 is 11.2 Å². The Labute approximate surface area is 751 Å². The Kier molecular flexibility index (Phi) is 28.1. The predicted molar refractivity (Wildman–Crippen MR) is 483 cm³/mol. The predicted octanol–water partition coefficient (Wildman–Crippen LogP) is 12.3. The topological polar surface area (TPSA) is 395 Å². The van der Waals surface area contributed by atoms with Crippen molar-refractivity contribution < 1.29 is 95.3 Å². The van der Waals surface area contributed by atoms with Gasteiger partial charge in [0.05, 0.1) is 134 Å². The van der Waals surface area contributed by atoms with E-state index in [1.54, 1.807) is 107 Å². The zero-order valence-electron chi connectivity index (χ0n) is 70.3. The number of carbonyl (C=O) groups excluding carboxylic acids is 2. The molecule has 19 rings (SSSR count). The van der Waals surface area contributed by atoms with E-state index in [4.69, 9.17) is 92.5 Å². The van der Waals surface area contributed by atoms with E-state index in [2.05, 4.69) is 120 Å². The first-order valence-corrected chi connectivity index (χ1v) is 41.0. The van der Waals surface area contributed by atoms with E-state index in [0.717, 1.165) is 76.5 Å². The van der Waals surface area contributed by atoms with E-state index in [0.29, 0.717) is 166 Å². The summed E-state index contributed by atoms with van der Waals surface area (Å²) in [6.07, 6.45) is 5.78. The van der Waals surface area contributed by atoms with Crippen molar-refractivity contribution >= 4 is 162 Å². The molecule has 0 fully saturated rings. The molecular weight excluding hydrogens is 1880 g/mol. The van der Waals surface area contributed by atoms with Crippen LogP contribution < -0.4 is 91.6 Å². The number of carboxylic acid groups (broad SMARTS) is 1. The number of aryl methyl sites for hydroxylation is 1. The SMILES string of the molecule is COc1cc(I)c(N(CCN(C)C)C(=O)c2cnnc3cc4c(cc23)OCO4)cc1OC.COc1cc(I)c(NCCN(C)C)cc1OC.COc1cc2c3nnc4cc5c(cc4c3c(=O)n(CCN(C)C)c2cc1OC)OCO5.Cc1cnnc2cc3c(cc12)OCO3.O=C(Cl)c1cnnc2cc3c(cc12)OCO3.O=C(O)c1cnnc2cc3c(cc12)OCO3. The second-order valence-electron chi connectivity index (χ2n) is 28.7. The monoisotopic (exact) mass is 1960 g/mol. The van der Waals surface area contributed by atoms with E-state index in [1.165, 1.54) is 18.6 Å². The fourth-order valence-corrected chi connectivity index (χ4v) is 15.1.